The monoisotopic (exact) mass is 281 g/mol. The van der Waals surface area contributed by atoms with Crippen LogP contribution in [0.3, 0.4) is 0 Å². The van der Waals surface area contributed by atoms with Gasteiger partial charge in [0.2, 0.25) is 0 Å². The lowest BCUT2D eigenvalue weighted by atomic mass is 10.1. The summed E-state index contributed by atoms with van der Waals surface area (Å²) in [5, 5.41) is 0. The summed E-state index contributed by atoms with van der Waals surface area (Å²) in [6, 6.07) is 6.11. The number of Topliss-reactive ketones (excluding diaryl/α,β-unsaturated/α-hetero) is 1. The predicted molar refractivity (Wildman–Crippen MR) is 82.3 cm³/mol. The summed E-state index contributed by atoms with van der Waals surface area (Å²) in [7, 11) is 3.76. The molecule has 106 valence electrons. The zero-order chi connectivity index (χ0) is 14.4. The van der Waals surface area contributed by atoms with Gasteiger partial charge in [-0.25, -0.2) is 0 Å². The summed E-state index contributed by atoms with van der Waals surface area (Å²) in [6.45, 7) is 4.58. The summed E-state index contributed by atoms with van der Waals surface area (Å²) in [5.74, 6) is 2.02. The molecule has 0 spiro atoms. The largest absolute Gasteiger partial charge is 0.496 e. The highest BCUT2D eigenvalue weighted by Crippen LogP contribution is 2.22. The van der Waals surface area contributed by atoms with Gasteiger partial charge in [0.25, 0.3) is 0 Å². The van der Waals surface area contributed by atoms with Gasteiger partial charge in [0.15, 0.2) is 5.78 Å². The fourth-order valence-electron chi connectivity index (χ4n) is 1.91. The van der Waals surface area contributed by atoms with Gasteiger partial charge in [-0.05, 0) is 45.4 Å². The van der Waals surface area contributed by atoms with Crippen LogP contribution in [0.25, 0.3) is 0 Å². The van der Waals surface area contributed by atoms with E-state index in [1.54, 1.807) is 14.0 Å². The van der Waals surface area contributed by atoms with E-state index in [1.165, 1.54) is 0 Å². The first-order valence-electron chi connectivity index (χ1n) is 6.36. The van der Waals surface area contributed by atoms with E-state index in [9.17, 15) is 4.79 Å². The molecule has 0 bridgehead atoms. The molecule has 4 heteroatoms. The van der Waals surface area contributed by atoms with Crippen molar-refractivity contribution in [2.24, 2.45) is 0 Å². The molecule has 19 heavy (non-hydrogen) atoms. The van der Waals surface area contributed by atoms with Gasteiger partial charge in [-0.2, -0.15) is 11.8 Å². The molecule has 1 aromatic carbocycles. The molecule has 0 aliphatic rings. The van der Waals surface area contributed by atoms with Crippen molar-refractivity contribution in [1.82, 2.24) is 4.90 Å². The minimum atomic E-state index is 0.0868. The molecule has 0 amide bonds. The Kier molecular flexibility index (Phi) is 6.38. The molecule has 0 aromatic heterocycles. The van der Waals surface area contributed by atoms with Gasteiger partial charge in [0.1, 0.15) is 5.75 Å². The van der Waals surface area contributed by atoms with Crippen LogP contribution in [-0.4, -0.2) is 42.9 Å². The number of carbonyl (C=O) groups is 1. The molecule has 3 nitrogen and oxygen atoms in total. The van der Waals surface area contributed by atoms with E-state index in [0.29, 0.717) is 6.04 Å². The number of rotatable bonds is 7. The average molecular weight is 281 g/mol. The number of hydrogen-bond acceptors (Lipinski definition) is 4. The van der Waals surface area contributed by atoms with Crippen molar-refractivity contribution in [3.8, 4) is 5.75 Å². The number of hydrogen-bond donors (Lipinski definition) is 0. The highest BCUT2D eigenvalue weighted by molar-refractivity contribution is 7.98. The van der Waals surface area contributed by atoms with Crippen molar-refractivity contribution in [2.75, 3.05) is 26.2 Å². The third-order valence-corrected chi connectivity index (χ3v) is 4.08. The quantitative estimate of drug-likeness (QED) is 0.718. The second kappa shape index (κ2) is 7.56. The van der Waals surface area contributed by atoms with E-state index in [2.05, 4.69) is 25.1 Å². The second-order valence-corrected chi connectivity index (χ2v) is 5.71. The molecule has 0 heterocycles. The molecule has 0 aliphatic heterocycles. The average Bonchev–Trinajstić information content (AvgIpc) is 2.38. The van der Waals surface area contributed by atoms with Crippen LogP contribution in [0.4, 0.5) is 0 Å². The first-order valence-corrected chi connectivity index (χ1v) is 7.76. The van der Waals surface area contributed by atoms with Crippen LogP contribution in [0.2, 0.25) is 0 Å². The fraction of sp³-hybridized carbons (Fsp3) is 0.533. The highest BCUT2D eigenvalue weighted by atomic mass is 32.2. The van der Waals surface area contributed by atoms with E-state index in [1.807, 2.05) is 30.0 Å². The van der Waals surface area contributed by atoms with Crippen molar-refractivity contribution in [3.05, 3.63) is 29.3 Å². The molecular weight excluding hydrogens is 258 g/mol. The van der Waals surface area contributed by atoms with Crippen molar-refractivity contribution >= 4 is 17.5 Å². The van der Waals surface area contributed by atoms with Gasteiger partial charge in [0.05, 0.1) is 7.11 Å². The maximum absolute atomic E-state index is 11.5. The Balaban J connectivity index is 2.91. The first kappa shape index (κ1) is 16.1. The number of ketones is 1. The van der Waals surface area contributed by atoms with E-state index in [4.69, 9.17) is 4.74 Å². The van der Waals surface area contributed by atoms with Crippen LogP contribution in [0.5, 0.6) is 5.75 Å². The summed E-state index contributed by atoms with van der Waals surface area (Å²) in [4.78, 5) is 13.7. The van der Waals surface area contributed by atoms with Gasteiger partial charge < -0.3 is 4.74 Å². The van der Waals surface area contributed by atoms with Crippen molar-refractivity contribution in [1.29, 1.82) is 0 Å². The Bertz CT molecular complexity index is 434. The molecule has 0 saturated heterocycles. The lowest BCUT2D eigenvalue weighted by molar-refractivity contribution is 0.101. The molecule has 1 aromatic rings. The Labute approximate surface area is 120 Å². The number of ether oxygens (including phenoxy) is 1. The zero-order valence-corrected chi connectivity index (χ0v) is 13.2. The third kappa shape index (κ3) is 4.55. The molecule has 1 rings (SSSR count). The molecule has 0 saturated carbocycles. The van der Waals surface area contributed by atoms with Crippen LogP contribution >= 0.6 is 11.8 Å². The molecule has 1 atom stereocenters. The van der Waals surface area contributed by atoms with Gasteiger partial charge in [-0.15, -0.1) is 0 Å². The standard InChI is InChI=1S/C15H23NO2S/c1-11(10-19-5)16(3)9-14-8-13(12(2)17)6-7-15(14)18-4/h6-8,11H,9-10H2,1-5H3. The molecule has 0 fully saturated rings. The van der Waals surface area contributed by atoms with Crippen LogP contribution in [0, 0.1) is 0 Å². The SMILES string of the molecule is COc1ccc(C(C)=O)cc1CN(C)C(C)CSC. The van der Waals surface area contributed by atoms with Crippen molar-refractivity contribution in [3.63, 3.8) is 0 Å². The van der Waals surface area contributed by atoms with Gasteiger partial charge in [0, 0.05) is 29.5 Å². The number of nitrogens with zero attached hydrogens (tertiary/aromatic N) is 1. The van der Waals surface area contributed by atoms with Crippen molar-refractivity contribution < 1.29 is 9.53 Å². The molecule has 0 radical (unpaired) electrons. The van der Waals surface area contributed by atoms with Gasteiger partial charge >= 0.3 is 0 Å². The van der Waals surface area contributed by atoms with E-state index in [-0.39, 0.29) is 5.78 Å². The highest BCUT2D eigenvalue weighted by Gasteiger charge is 2.13. The lowest BCUT2D eigenvalue weighted by Crippen LogP contribution is -2.30. The minimum Gasteiger partial charge on any atom is -0.496 e. The molecule has 1 unspecified atom stereocenters. The molecular formula is C15H23NO2S. The van der Waals surface area contributed by atoms with Gasteiger partial charge in [-0.1, -0.05) is 0 Å². The number of benzene rings is 1. The maximum Gasteiger partial charge on any atom is 0.159 e. The Hall–Kier alpha value is -1.00. The summed E-state index contributed by atoms with van der Waals surface area (Å²) < 4.78 is 5.38. The van der Waals surface area contributed by atoms with Crippen molar-refractivity contribution in [2.45, 2.75) is 26.4 Å². The third-order valence-electron chi connectivity index (χ3n) is 3.27. The molecule has 0 N–H and O–H groups in total. The topological polar surface area (TPSA) is 29.5 Å². The van der Waals surface area contributed by atoms with E-state index in [0.717, 1.165) is 29.2 Å². The molecule has 0 aliphatic carbocycles. The summed E-state index contributed by atoms with van der Waals surface area (Å²) >= 11 is 1.84. The number of thioether (sulfide) groups is 1. The van der Waals surface area contributed by atoms with Gasteiger partial charge in [-0.3, -0.25) is 9.69 Å². The van der Waals surface area contributed by atoms with Crippen LogP contribution < -0.4 is 4.74 Å². The Morgan fingerprint density at radius 3 is 2.68 bits per heavy atom. The lowest BCUT2D eigenvalue weighted by Gasteiger charge is -2.25. The fourth-order valence-corrected chi connectivity index (χ4v) is 2.65. The predicted octanol–water partition coefficient (Wildman–Crippen LogP) is 3.08. The first-order chi connectivity index (χ1) is 8.99. The van der Waals surface area contributed by atoms with Crippen LogP contribution in [0.1, 0.15) is 29.8 Å². The second-order valence-electron chi connectivity index (χ2n) is 4.80. The number of carbonyl (C=O) groups excluding carboxylic acids is 1. The van der Waals surface area contributed by atoms with Crippen LogP contribution in [-0.2, 0) is 6.54 Å². The summed E-state index contributed by atoms with van der Waals surface area (Å²) in [5.41, 5.74) is 1.80. The Morgan fingerprint density at radius 1 is 1.47 bits per heavy atom. The summed E-state index contributed by atoms with van der Waals surface area (Å²) in [6.07, 6.45) is 2.11. The zero-order valence-electron chi connectivity index (χ0n) is 12.4. The number of methoxy groups -OCH3 is 1. The van der Waals surface area contributed by atoms with E-state index < -0.39 is 0 Å². The maximum atomic E-state index is 11.5. The Morgan fingerprint density at radius 2 is 2.16 bits per heavy atom. The van der Waals surface area contributed by atoms with Crippen LogP contribution in [0.15, 0.2) is 18.2 Å². The smallest absolute Gasteiger partial charge is 0.159 e. The van der Waals surface area contributed by atoms with E-state index >= 15 is 0 Å². The normalized spacial score (nSPS) is 12.5. The minimum absolute atomic E-state index is 0.0868.